The smallest absolute Gasteiger partial charge is 0.350 e. The van der Waals surface area contributed by atoms with E-state index in [1.165, 1.54) is 49.1 Å². The normalized spacial score (nSPS) is 19.3. The minimum absolute atomic E-state index is 0.0563. The first kappa shape index (κ1) is 29.1. The van der Waals surface area contributed by atoms with Crippen molar-refractivity contribution in [2.24, 2.45) is 0 Å². The third-order valence-corrected chi connectivity index (χ3v) is 6.81. The number of carbonyl (C=O) groups excluding carboxylic acids is 2. The van der Waals surface area contributed by atoms with Crippen molar-refractivity contribution in [3.8, 4) is 6.07 Å². The number of nitrogens with one attached hydrogen (secondary N) is 1. The van der Waals surface area contributed by atoms with Gasteiger partial charge in [-0.25, -0.2) is 14.7 Å². The molecule has 1 unspecified atom stereocenters. The molecule has 13 heteroatoms. The van der Waals surface area contributed by atoms with E-state index in [-0.39, 0.29) is 22.1 Å². The van der Waals surface area contributed by atoms with Crippen LogP contribution in [0.1, 0.15) is 49.8 Å². The highest BCUT2D eigenvalue weighted by Gasteiger charge is 2.50. The number of hydrogen-bond donors (Lipinski definition) is 1. The highest BCUT2D eigenvalue weighted by atomic mass is 32.1. The third kappa shape index (κ3) is 5.84. The largest absolute Gasteiger partial charge is 0.417 e. The van der Waals surface area contributed by atoms with E-state index in [1.807, 2.05) is 0 Å². The lowest BCUT2D eigenvalue weighted by Gasteiger charge is -2.29. The lowest BCUT2D eigenvalue weighted by Crippen LogP contribution is -2.44. The molecule has 2 aromatic rings. The summed E-state index contributed by atoms with van der Waals surface area (Å²) in [5.41, 5.74) is -0.905. The fourth-order valence-corrected chi connectivity index (χ4v) is 4.90. The molecule has 0 bridgehead atoms. The predicted molar refractivity (Wildman–Crippen MR) is 141 cm³/mol. The molecule has 2 aromatic carbocycles. The molecule has 2 aliphatic rings. The summed E-state index contributed by atoms with van der Waals surface area (Å²) in [5, 5.41) is 8.91. The number of nitrogens with zero attached hydrogens (tertiary/aromatic N) is 3. The SMILES string of the molecule is CC1(C)C(=O)N(c2ccc(C#N)c(C(F)(F)F)c2)C(=S)N1c1ccc(/C=C/C(=O)NOC2CCCCO2)c(F)c1. The Balaban J connectivity index is 1.54. The molecule has 8 nitrogen and oxygen atoms in total. The van der Waals surface area contributed by atoms with E-state index in [1.54, 1.807) is 0 Å². The average Bonchev–Trinajstić information content (AvgIpc) is 3.09. The van der Waals surface area contributed by atoms with Crippen LogP contribution in [0, 0.1) is 17.1 Å². The van der Waals surface area contributed by atoms with Crippen LogP contribution in [-0.2, 0) is 25.3 Å². The maximum atomic E-state index is 15.0. The topological polar surface area (TPSA) is 94.9 Å². The molecule has 0 aromatic heterocycles. The Bertz CT molecular complexity index is 1410. The first-order chi connectivity index (χ1) is 18.8. The standard InChI is InChI=1S/C27H24F4N4O4S/c1-26(2)24(37)34(18-9-7-17(15-32)20(13-18)27(29,30)31)25(40)35(26)19-10-6-16(21(28)14-19)8-11-22(36)33-39-23-5-3-4-12-38-23/h6-11,13-14,23H,3-5,12H2,1-2H3,(H,33,36)/b11-8+. The molecule has 0 radical (unpaired) electrons. The second-order valence-electron chi connectivity index (χ2n) is 9.58. The van der Waals surface area contributed by atoms with Crippen LogP contribution < -0.4 is 15.3 Å². The van der Waals surface area contributed by atoms with Gasteiger partial charge in [0.05, 0.1) is 22.9 Å². The Morgan fingerprint density at radius 1 is 1.23 bits per heavy atom. The summed E-state index contributed by atoms with van der Waals surface area (Å²) in [6.45, 7) is 3.54. The monoisotopic (exact) mass is 576 g/mol. The van der Waals surface area contributed by atoms with Crippen molar-refractivity contribution >= 4 is 46.6 Å². The Labute approximate surface area is 232 Å². The van der Waals surface area contributed by atoms with Crippen LogP contribution in [0.5, 0.6) is 0 Å². The number of hydroxylamine groups is 1. The van der Waals surface area contributed by atoms with E-state index in [9.17, 15) is 22.8 Å². The van der Waals surface area contributed by atoms with Gasteiger partial charge in [0.25, 0.3) is 11.8 Å². The number of rotatable bonds is 6. The summed E-state index contributed by atoms with van der Waals surface area (Å²) in [4.78, 5) is 32.8. The van der Waals surface area contributed by atoms with Gasteiger partial charge in [0.1, 0.15) is 11.4 Å². The molecule has 0 spiro atoms. The van der Waals surface area contributed by atoms with Gasteiger partial charge < -0.3 is 9.64 Å². The van der Waals surface area contributed by atoms with E-state index in [2.05, 4.69) is 5.48 Å². The van der Waals surface area contributed by atoms with Gasteiger partial charge >= 0.3 is 6.18 Å². The molecule has 1 atom stereocenters. The van der Waals surface area contributed by atoms with Gasteiger partial charge in [0, 0.05) is 30.4 Å². The molecule has 4 rings (SSSR count). The summed E-state index contributed by atoms with van der Waals surface area (Å²) < 4.78 is 61.0. The molecule has 40 heavy (non-hydrogen) atoms. The molecular weight excluding hydrogens is 552 g/mol. The molecule has 2 fully saturated rings. The fourth-order valence-electron chi connectivity index (χ4n) is 4.38. The highest BCUT2D eigenvalue weighted by Crippen LogP contribution is 2.40. The molecule has 210 valence electrons. The van der Waals surface area contributed by atoms with Gasteiger partial charge in [-0.3, -0.25) is 14.5 Å². The number of benzene rings is 2. The van der Waals surface area contributed by atoms with Crippen LogP contribution in [-0.4, -0.2) is 35.4 Å². The number of hydrogen-bond acceptors (Lipinski definition) is 6. The molecule has 2 heterocycles. The molecule has 0 saturated carbocycles. The van der Waals surface area contributed by atoms with Crippen LogP contribution in [0.25, 0.3) is 6.08 Å². The zero-order valence-electron chi connectivity index (χ0n) is 21.4. The van der Waals surface area contributed by atoms with Crippen molar-refractivity contribution < 1.29 is 36.7 Å². The second kappa shape index (κ2) is 11.3. The Kier molecular flexibility index (Phi) is 8.25. The van der Waals surface area contributed by atoms with Gasteiger partial charge in [-0.1, -0.05) is 0 Å². The zero-order valence-corrected chi connectivity index (χ0v) is 22.2. The van der Waals surface area contributed by atoms with E-state index < -0.39 is 46.8 Å². The zero-order chi connectivity index (χ0) is 29.2. The maximum absolute atomic E-state index is 15.0. The Morgan fingerprint density at radius 2 is 1.95 bits per heavy atom. The van der Waals surface area contributed by atoms with Crippen molar-refractivity contribution in [2.75, 3.05) is 16.4 Å². The maximum Gasteiger partial charge on any atom is 0.417 e. The van der Waals surface area contributed by atoms with Gasteiger partial charge in [0.15, 0.2) is 11.4 Å². The number of alkyl halides is 3. The first-order valence-electron chi connectivity index (χ1n) is 12.2. The van der Waals surface area contributed by atoms with Crippen LogP contribution in [0.3, 0.4) is 0 Å². The molecule has 2 amide bonds. The summed E-state index contributed by atoms with van der Waals surface area (Å²) in [6, 6.07) is 8.29. The van der Waals surface area contributed by atoms with Crippen LogP contribution in [0.2, 0.25) is 0 Å². The number of anilines is 2. The number of thiocarbonyl (C=S) groups is 1. The number of amides is 2. The third-order valence-electron chi connectivity index (χ3n) is 6.44. The van der Waals surface area contributed by atoms with Crippen LogP contribution in [0.15, 0.2) is 42.5 Å². The lowest BCUT2D eigenvalue weighted by molar-refractivity contribution is -0.198. The highest BCUT2D eigenvalue weighted by molar-refractivity contribution is 7.81. The van der Waals surface area contributed by atoms with Gasteiger partial charge in [-0.2, -0.15) is 18.4 Å². The van der Waals surface area contributed by atoms with E-state index in [0.29, 0.717) is 19.1 Å². The number of ether oxygens (including phenoxy) is 1. The average molecular weight is 577 g/mol. The lowest BCUT2D eigenvalue weighted by atomic mass is 10.0. The summed E-state index contributed by atoms with van der Waals surface area (Å²) >= 11 is 5.47. The molecule has 2 aliphatic heterocycles. The van der Waals surface area contributed by atoms with Crippen molar-refractivity contribution in [3.05, 3.63) is 65.0 Å². The number of nitriles is 1. The van der Waals surface area contributed by atoms with Crippen LogP contribution >= 0.6 is 12.2 Å². The van der Waals surface area contributed by atoms with E-state index in [0.717, 1.165) is 36.0 Å². The second-order valence-corrected chi connectivity index (χ2v) is 9.94. The fraction of sp³-hybridized carbons (Fsp3) is 0.333. The Hall–Kier alpha value is -3.86. The molecule has 0 aliphatic carbocycles. The molecule has 2 saturated heterocycles. The van der Waals surface area contributed by atoms with Gasteiger partial charge in [-0.15, -0.1) is 0 Å². The van der Waals surface area contributed by atoms with Crippen molar-refractivity contribution in [1.82, 2.24) is 5.48 Å². The Morgan fingerprint density at radius 3 is 2.58 bits per heavy atom. The summed E-state index contributed by atoms with van der Waals surface area (Å²) in [7, 11) is 0. The van der Waals surface area contributed by atoms with Crippen LogP contribution in [0.4, 0.5) is 28.9 Å². The minimum atomic E-state index is -4.83. The summed E-state index contributed by atoms with van der Waals surface area (Å²) in [6.07, 6.45) is -0.580. The van der Waals surface area contributed by atoms with Crippen molar-refractivity contribution in [3.63, 3.8) is 0 Å². The minimum Gasteiger partial charge on any atom is -0.350 e. The van der Waals surface area contributed by atoms with Crippen molar-refractivity contribution in [1.29, 1.82) is 5.26 Å². The molecule has 1 N–H and O–H groups in total. The van der Waals surface area contributed by atoms with E-state index >= 15 is 4.39 Å². The molecular formula is C27H24F4N4O4S. The quantitative estimate of drug-likeness (QED) is 0.218. The number of halogens is 4. The number of carbonyl (C=O) groups is 2. The first-order valence-corrected chi connectivity index (χ1v) is 12.6. The summed E-state index contributed by atoms with van der Waals surface area (Å²) in [5.74, 6) is -2.00. The van der Waals surface area contributed by atoms with Gasteiger partial charge in [-0.05, 0) is 81.4 Å². The van der Waals surface area contributed by atoms with Gasteiger partial charge in [0.2, 0.25) is 0 Å². The van der Waals surface area contributed by atoms with E-state index in [4.69, 9.17) is 27.1 Å². The van der Waals surface area contributed by atoms with Crippen molar-refractivity contribution in [2.45, 2.75) is 51.1 Å². The predicted octanol–water partition coefficient (Wildman–Crippen LogP) is 5.22.